The number of nitrogen functional groups attached to an aromatic ring is 1. The number of anilines is 1. The Balaban J connectivity index is 2.50. The molecule has 6 nitrogen and oxygen atoms in total. The van der Waals surface area contributed by atoms with Gasteiger partial charge in [-0.15, -0.1) is 0 Å². The van der Waals surface area contributed by atoms with Crippen LogP contribution in [0.25, 0.3) is 5.70 Å². The second kappa shape index (κ2) is 5.24. The Kier molecular flexibility index (Phi) is 3.67. The Bertz CT molecular complexity index is 591. The minimum absolute atomic E-state index is 0.119. The van der Waals surface area contributed by atoms with Crippen LogP contribution in [0.15, 0.2) is 23.1 Å². The molecular weight excluding hydrogens is 244 g/mol. The van der Waals surface area contributed by atoms with Crippen molar-refractivity contribution in [1.82, 2.24) is 9.55 Å². The van der Waals surface area contributed by atoms with Crippen LogP contribution < -0.4 is 11.4 Å². The number of nitriles is 1. The van der Waals surface area contributed by atoms with E-state index in [0.29, 0.717) is 12.8 Å². The van der Waals surface area contributed by atoms with E-state index in [0.717, 1.165) is 19.3 Å². The number of hydrogen-bond acceptors (Lipinski definition) is 5. The Labute approximate surface area is 110 Å². The lowest BCUT2D eigenvalue weighted by molar-refractivity contribution is 0.0559. The van der Waals surface area contributed by atoms with E-state index in [4.69, 9.17) is 11.0 Å². The van der Waals surface area contributed by atoms with Gasteiger partial charge in [0.2, 0.25) is 0 Å². The van der Waals surface area contributed by atoms with Gasteiger partial charge >= 0.3 is 5.69 Å². The van der Waals surface area contributed by atoms with E-state index in [-0.39, 0.29) is 11.5 Å². The predicted octanol–water partition coefficient (Wildman–Crippen LogP) is 0.885. The zero-order chi connectivity index (χ0) is 13.9. The lowest BCUT2D eigenvalue weighted by Gasteiger charge is -2.34. The molecule has 1 fully saturated rings. The van der Waals surface area contributed by atoms with Crippen LogP contribution in [0.4, 0.5) is 5.82 Å². The maximum atomic E-state index is 11.9. The highest BCUT2D eigenvalue weighted by molar-refractivity contribution is 5.58. The van der Waals surface area contributed by atoms with E-state index >= 15 is 0 Å². The maximum Gasteiger partial charge on any atom is 0.353 e. The molecule has 0 spiro atoms. The van der Waals surface area contributed by atoms with Crippen LogP contribution in [-0.2, 0) is 0 Å². The Morgan fingerprint density at radius 2 is 2.21 bits per heavy atom. The molecule has 6 heteroatoms. The number of nitrogens with zero attached hydrogens (tertiary/aromatic N) is 3. The quantitative estimate of drug-likeness (QED) is 0.768. The molecule has 1 aromatic heterocycles. The van der Waals surface area contributed by atoms with Gasteiger partial charge in [0, 0.05) is 12.3 Å². The molecule has 19 heavy (non-hydrogen) atoms. The smallest absolute Gasteiger partial charge is 0.353 e. The van der Waals surface area contributed by atoms with Crippen LogP contribution >= 0.6 is 0 Å². The van der Waals surface area contributed by atoms with Crippen molar-refractivity contribution in [3.63, 3.8) is 0 Å². The van der Waals surface area contributed by atoms with Crippen molar-refractivity contribution < 1.29 is 5.11 Å². The Morgan fingerprint density at radius 1 is 1.53 bits per heavy atom. The average Bonchev–Trinajstić information content (AvgIpc) is 2.38. The molecule has 1 heterocycles. The van der Waals surface area contributed by atoms with Gasteiger partial charge in [-0.1, -0.05) is 19.3 Å². The number of allylic oxidation sites excluding steroid dienone is 1. The van der Waals surface area contributed by atoms with Crippen molar-refractivity contribution in [3.05, 3.63) is 28.8 Å². The van der Waals surface area contributed by atoms with E-state index in [2.05, 4.69) is 4.98 Å². The lowest BCUT2D eigenvalue weighted by atomic mass is 9.82. The number of hydrogen-bond donors (Lipinski definition) is 2. The summed E-state index contributed by atoms with van der Waals surface area (Å²) >= 11 is 0. The van der Waals surface area contributed by atoms with Crippen LogP contribution in [0.1, 0.15) is 32.1 Å². The molecule has 1 aromatic rings. The number of rotatable bonds is 2. The van der Waals surface area contributed by atoms with Gasteiger partial charge in [0.1, 0.15) is 11.4 Å². The Morgan fingerprint density at radius 3 is 2.79 bits per heavy atom. The third-order valence-corrected chi connectivity index (χ3v) is 3.44. The highest BCUT2D eigenvalue weighted by atomic mass is 16.3. The fourth-order valence-corrected chi connectivity index (χ4v) is 2.48. The summed E-state index contributed by atoms with van der Waals surface area (Å²) in [5.74, 6) is 0.119. The highest BCUT2D eigenvalue weighted by Gasteiger charge is 2.35. The third kappa shape index (κ3) is 2.66. The molecule has 1 aliphatic carbocycles. The molecule has 0 amide bonds. The first-order valence-electron chi connectivity index (χ1n) is 6.25. The number of aliphatic hydroxyl groups is 1. The average molecular weight is 260 g/mol. The first-order valence-corrected chi connectivity index (χ1v) is 6.25. The minimum Gasteiger partial charge on any atom is -0.384 e. The van der Waals surface area contributed by atoms with Crippen LogP contribution in [0, 0.1) is 11.3 Å². The van der Waals surface area contributed by atoms with Gasteiger partial charge in [-0.2, -0.15) is 10.2 Å². The third-order valence-electron chi connectivity index (χ3n) is 3.44. The predicted molar refractivity (Wildman–Crippen MR) is 70.8 cm³/mol. The van der Waals surface area contributed by atoms with Crippen LogP contribution in [0.5, 0.6) is 0 Å². The summed E-state index contributed by atoms with van der Waals surface area (Å²) in [6.07, 6.45) is 6.53. The van der Waals surface area contributed by atoms with Gasteiger partial charge in [-0.3, -0.25) is 4.57 Å². The normalized spacial score (nSPS) is 18.8. The van der Waals surface area contributed by atoms with Crippen LogP contribution in [-0.4, -0.2) is 20.3 Å². The van der Waals surface area contributed by atoms with Gasteiger partial charge in [-0.05, 0) is 18.9 Å². The standard InChI is InChI=1S/C13H16N4O2/c14-8-4-10(13(19)6-2-1-3-7-13)17-9-5-11(15)16-12(17)18/h4-5,9,19H,1-3,6-7H2,(H2,15,16,18)/b10-4-. The molecule has 0 saturated heterocycles. The molecule has 0 bridgehead atoms. The molecule has 1 aliphatic rings. The topological polar surface area (TPSA) is 105 Å². The largest absolute Gasteiger partial charge is 0.384 e. The second-order valence-corrected chi connectivity index (χ2v) is 4.76. The zero-order valence-corrected chi connectivity index (χ0v) is 10.5. The first-order chi connectivity index (χ1) is 9.07. The summed E-state index contributed by atoms with van der Waals surface area (Å²) in [6.45, 7) is 0. The Hall–Kier alpha value is -2.13. The lowest BCUT2D eigenvalue weighted by Crippen LogP contribution is -2.39. The number of aromatic nitrogens is 2. The van der Waals surface area contributed by atoms with E-state index in [1.165, 1.54) is 22.9 Å². The molecule has 3 N–H and O–H groups in total. The van der Waals surface area contributed by atoms with E-state index in [1.807, 2.05) is 6.07 Å². The summed E-state index contributed by atoms with van der Waals surface area (Å²) in [5, 5.41) is 19.6. The fourth-order valence-electron chi connectivity index (χ4n) is 2.48. The molecular formula is C13H16N4O2. The summed E-state index contributed by atoms with van der Waals surface area (Å²) < 4.78 is 1.20. The van der Waals surface area contributed by atoms with Crippen molar-refractivity contribution in [3.8, 4) is 6.07 Å². The number of nitrogens with two attached hydrogens (primary N) is 1. The molecule has 0 aromatic carbocycles. The zero-order valence-electron chi connectivity index (χ0n) is 10.5. The fraction of sp³-hybridized carbons (Fsp3) is 0.462. The van der Waals surface area contributed by atoms with Gasteiger partial charge in [0.15, 0.2) is 0 Å². The SMILES string of the molecule is N#C/C=C(\n1ccc(N)nc1=O)C1(O)CCCCC1. The van der Waals surface area contributed by atoms with Crippen molar-refractivity contribution in [2.75, 3.05) is 5.73 Å². The monoisotopic (exact) mass is 260 g/mol. The van der Waals surface area contributed by atoms with Crippen LogP contribution in [0.2, 0.25) is 0 Å². The van der Waals surface area contributed by atoms with Gasteiger partial charge in [-0.25, -0.2) is 4.79 Å². The van der Waals surface area contributed by atoms with Gasteiger partial charge in [0.25, 0.3) is 0 Å². The summed E-state index contributed by atoms with van der Waals surface area (Å²) in [4.78, 5) is 15.5. The molecule has 0 aliphatic heterocycles. The van der Waals surface area contributed by atoms with Gasteiger partial charge < -0.3 is 10.8 Å². The molecule has 0 radical (unpaired) electrons. The summed E-state index contributed by atoms with van der Waals surface area (Å²) in [5.41, 5.74) is 4.00. The summed E-state index contributed by atoms with van der Waals surface area (Å²) in [6, 6.07) is 3.36. The molecule has 0 atom stereocenters. The van der Waals surface area contributed by atoms with E-state index in [9.17, 15) is 9.90 Å². The molecule has 2 rings (SSSR count). The minimum atomic E-state index is -1.14. The first kappa shape index (κ1) is 13.3. The van der Waals surface area contributed by atoms with Crippen molar-refractivity contribution in [2.45, 2.75) is 37.7 Å². The van der Waals surface area contributed by atoms with Crippen molar-refractivity contribution in [2.24, 2.45) is 0 Å². The molecule has 100 valence electrons. The maximum absolute atomic E-state index is 11.9. The summed E-state index contributed by atoms with van der Waals surface area (Å²) in [7, 11) is 0. The van der Waals surface area contributed by atoms with E-state index in [1.54, 1.807) is 0 Å². The van der Waals surface area contributed by atoms with Crippen molar-refractivity contribution in [1.29, 1.82) is 5.26 Å². The van der Waals surface area contributed by atoms with Crippen LogP contribution in [0.3, 0.4) is 0 Å². The van der Waals surface area contributed by atoms with Gasteiger partial charge in [0.05, 0.1) is 11.8 Å². The van der Waals surface area contributed by atoms with E-state index < -0.39 is 11.3 Å². The van der Waals surface area contributed by atoms with Crippen molar-refractivity contribution >= 4 is 11.5 Å². The molecule has 1 saturated carbocycles. The second-order valence-electron chi connectivity index (χ2n) is 4.76. The molecule has 0 unspecified atom stereocenters. The highest BCUT2D eigenvalue weighted by Crippen LogP contribution is 2.35.